The lowest BCUT2D eigenvalue weighted by Crippen LogP contribution is -2.20. The maximum atomic E-state index is 13.8. The van der Waals surface area contributed by atoms with Crippen LogP contribution >= 0.6 is 0 Å². The van der Waals surface area contributed by atoms with Crippen molar-refractivity contribution in [3.63, 3.8) is 0 Å². The largest absolute Gasteiger partial charge is 0.322 e. The molecule has 0 saturated carbocycles. The molecular formula is C21H17FN4O5S. The molecule has 164 valence electrons. The van der Waals surface area contributed by atoms with Gasteiger partial charge in [0, 0.05) is 17.8 Å². The zero-order valence-electron chi connectivity index (χ0n) is 16.7. The molecule has 0 spiro atoms. The van der Waals surface area contributed by atoms with Crippen LogP contribution in [0.3, 0.4) is 0 Å². The molecule has 0 aliphatic carbocycles. The highest BCUT2D eigenvalue weighted by atomic mass is 32.2. The number of carbonyl (C=O) groups excluding carboxylic acids is 1. The van der Waals surface area contributed by atoms with Crippen LogP contribution in [0, 0.1) is 15.9 Å². The Morgan fingerprint density at radius 3 is 2.38 bits per heavy atom. The van der Waals surface area contributed by atoms with Crippen LogP contribution in [0.1, 0.15) is 22.8 Å². The lowest BCUT2D eigenvalue weighted by Gasteiger charge is -2.09. The number of nitrogens with one attached hydrogen (secondary N) is 2. The molecular weight excluding hydrogens is 439 g/mol. The van der Waals surface area contributed by atoms with E-state index in [1.54, 1.807) is 37.3 Å². The van der Waals surface area contributed by atoms with Crippen molar-refractivity contribution in [3.05, 3.63) is 99.9 Å². The summed E-state index contributed by atoms with van der Waals surface area (Å²) in [4.78, 5) is 24.2. The number of nitrogens with zero attached hydrogens (tertiary/aromatic N) is 2. The van der Waals surface area contributed by atoms with Gasteiger partial charge in [0.1, 0.15) is 5.82 Å². The topological polar surface area (TPSA) is 131 Å². The van der Waals surface area contributed by atoms with Gasteiger partial charge in [-0.15, -0.1) is 0 Å². The number of nitro groups is 1. The number of rotatable bonds is 7. The quantitative estimate of drug-likeness (QED) is 0.318. The predicted molar refractivity (Wildman–Crippen MR) is 116 cm³/mol. The van der Waals surface area contributed by atoms with Gasteiger partial charge in [-0.2, -0.15) is 18.4 Å². The van der Waals surface area contributed by atoms with Crippen LogP contribution < -0.4 is 10.1 Å². The summed E-state index contributed by atoms with van der Waals surface area (Å²) in [5.74, 6) is -1.28. The van der Waals surface area contributed by atoms with Crippen LogP contribution in [0.15, 0.2) is 82.8 Å². The lowest BCUT2D eigenvalue weighted by atomic mass is 10.1. The number of anilines is 1. The summed E-state index contributed by atoms with van der Waals surface area (Å²) in [6.07, 6.45) is 0. The van der Waals surface area contributed by atoms with Gasteiger partial charge >= 0.3 is 0 Å². The Kier molecular flexibility index (Phi) is 6.59. The van der Waals surface area contributed by atoms with Crippen molar-refractivity contribution in [2.24, 2.45) is 5.10 Å². The van der Waals surface area contributed by atoms with E-state index >= 15 is 0 Å². The second-order valence-electron chi connectivity index (χ2n) is 6.56. The van der Waals surface area contributed by atoms with E-state index in [2.05, 4.69) is 15.2 Å². The van der Waals surface area contributed by atoms with Crippen molar-refractivity contribution < 1.29 is 22.5 Å². The predicted octanol–water partition coefficient (Wildman–Crippen LogP) is 3.69. The first kappa shape index (κ1) is 22.6. The van der Waals surface area contributed by atoms with E-state index in [0.717, 1.165) is 24.3 Å². The van der Waals surface area contributed by atoms with Gasteiger partial charge in [0.25, 0.3) is 21.6 Å². The van der Waals surface area contributed by atoms with Crippen LogP contribution in [0.2, 0.25) is 0 Å². The number of carbonyl (C=O) groups is 1. The fourth-order valence-electron chi connectivity index (χ4n) is 2.66. The zero-order chi connectivity index (χ0) is 23.3. The monoisotopic (exact) mass is 456 g/mol. The van der Waals surface area contributed by atoms with Crippen molar-refractivity contribution in [3.8, 4) is 0 Å². The standard InChI is InChI=1S/C21H17FN4O5S/c1-14(24-25-32(30,31)18-11-9-17(10-12-18)26(28)29)15-5-4-6-16(13-15)23-21(27)19-7-2-3-8-20(19)22/h2-13,25H,1H3,(H,23,27). The molecule has 32 heavy (non-hydrogen) atoms. The molecule has 0 heterocycles. The Morgan fingerprint density at radius 2 is 1.72 bits per heavy atom. The van der Waals surface area contributed by atoms with Gasteiger partial charge in [-0.05, 0) is 48.9 Å². The Bertz CT molecular complexity index is 1310. The smallest absolute Gasteiger partial charge is 0.276 e. The molecule has 2 N–H and O–H groups in total. The van der Waals surface area contributed by atoms with Crippen molar-refractivity contribution in [2.75, 3.05) is 5.32 Å². The zero-order valence-corrected chi connectivity index (χ0v) is 17.5. The first-order valence-electron chi connectivity index (χ1n) is 9.14. The number of nitro benzene ring substituents is 1. The highest BCUT2D eigenvalue weighted by molar-refractivity contribution is 7.89. The first-order valence-corrected chi connectivity index (χ1v) is 10.6. The highest BCUT2D eigenvalue weighted by Gasteiger charge is 2.16. The number of hydrogen-bond acceptors (Lipinski definition) is 6. The molecule has 0 aliphatic rings. The molecule has 0 fully saturated rings. The van der Waals surface area contributed by atoms with Crippen molar-refractivity contribution in [2.45, 2.75) is 11.8 Å². The second-order valence-corrected chi connectivity index (χ2v) is 8.22. The van der Waals surface area contributed by atoms with Crippen molar-refractivity contribution in [1.29, 1.82) is 0 Å². The molecule has 0 aromatic heterocycles. The number of benzene rings is 3. The van der Waals surface area contributed by atoms with E-state index in [1.165, 1.54) is 18.2 Å². The van der Waals surface area contributed by atoms with Crippen LogP contribution in [0.5, 0.6) is 0 Å². The fraction of sp³-hybridized carbons (Fsp3) is 0.0476. The molecule has 0 unspecified atom stereocenters. The number of sulfonamides is 1. The molecule has 3 aromatic rings. The van der Waals surface area contributed by atoms with E-state index < -0.39 is 26.7 Å². The average Bonchev–Trinajstić information content (AvgIpc) is 2.78. The van der Waals surface area contributed by atoms with Gasteiger partial charge in [0.2, 0.25) is 0 Å². The van der Waals surface area contributed by atoms with E-state index in [-0.39, 0.29) is 21.9 Å². The summed E-state index contributed by atoms with van der Waals surface area (Å²) in [7, 11) is -4.05. The fourth-order valence-corrected chi connectivity index (χ4v) is 3.52. The van der Waals surface area contributed by atoms with Crippen LogP contribution in [0.4, 0.5) is 15.8 Å². The number of amides is 1. The normalized spacial score (nSPS) is 11.6. The van der Waals surface area contributed by atoms with Gasteiger partial charge in [-0.3, -0.25) is 14.9 Å². The third-order valence-corrected chi connectivity index (χ3v) is 5.57. The summed E-state index contributed by atoms with van der Waals surface area (Å²) in [6, 6.07) is 16.3. The third kappa shape index (κ3) is 5.32. The van der Waals surface area contributed by atoms with Crippen molar-refractivity contribution in [1.82, 2.24) is 4.83 Å². The average molecular weight is 456 g/mol. The maximum Gasteiger partial charge on any atom is 0.276 e. The minimum absolute atomic E-state index is 0.112. The summed E-state index contributed by atoms with van der Waals surface area (Å²) in [5.41, 5.74) is 0.806. The summed E-state index contributed by atoms with van der Waals surface area (Å²) in [5, 5.41) is 17.1. The number of hydrogen-bond donors (Lipinski definition) is 2. The summed E-state index contributed by atoms with van der Waals surface area (Å²) in [6.45, 7) is 1.55. The number of hydrazone groups is 1. The van der Waals surface area contributed by atoms with E-state index in [9.17, 15) is 27.7 Å². The number of halogens is 1. The molecule has 9 nitrogen and oxygen atoms in total. The minimum atomic E-state index is -4.05. The van der Waals surface area contributed by atoms with Crippen molar-refractivity contribution >= 4 is 33.0 Å². The minimum Gasteiger partial charge on any atom is -0.322 e. The SMILES string of the molecule is CC(=NNS(=O)(=O)c1ccc([N+](=O)[O-])cc1)c1cccc(NC(=O)c2ccccc2F)c1. The molecule has 11 heteroatoms. The Hall–Kier alpha value is -4.12. The lowest BCUT2D eigenvalue weighted by molar-refractivity contribution is -0.384. The molecule has 0 saturated heterocycles. The molecule has 0 aliphatic heterocycles. The van der Waals surface area contributed by atoms with E-state index in [4.69, 9.17) is 0 Å². The second kappa shape index (κ2) is 9.35. The molecule has 3 rings (SSSR count). The summed E-state index contributed by atoms with van der Waals surface area (Å²) >= 11 is 0. The van der Waals surface area contributed by atoms with E-state index in [0.29, 0.717) is 11.3 Å². The molecule has 3 aromatic carbocycles. The number of non-ortho nitro benzene ring substituents is 1. The van der Waals surface area contributed by atoms with Gasteiger partial charge < -0.3 is 5.32 Å². The molecule has 0 radical (unpaired) electrons. The van der Waals surface area contributed by atoms with Gasteiger partial charge in [0.05, 0.1) is 21.1 Å². The molecule has 0 atom stereocenters. The van der Waals surface area contributed by atoms with Gasteiger partial charge in [0.15, 0.2) is 0 Å². The Balaban J connectivity index is 1.74. The molecule has 0 bridgehead atoms. The summed E-state index contributed by atoms with van der Waals surface area (Å²) < 4.78 is 38.5. The Labute approximate surface area is 182 Å². The Morgan fingerprint density at radius 1 is 1.03 bits per heavy atom. The van der Waals surface area contributed by atoms with E-state index in [1.807, 2.05) is 0 Å². The first-order chi connectivity index (χ1) is 15.2. The maximum absolute atomic E-state index is 13.8. The van der Waals surface area contributed by atoms with Gasteiger partial charge in [-0.25, -0.2) is 4.39 Å². The highest BCUT2D eigenvalue weighted by Crippen LogP contribution is 2.17. The van der Waals surface area contributed by atoms with Gasteiger partial charge in [-0.1, -0.05) is 24.3 Å². The van der Waals surface area contributed by atoms with Crippen LogP contribution in [-0.4, -0.2) is 25.0 Å². The third-order valence-electron chi connectivity index (χ3n) is 4.35. The van der Waals surface area contributed by atoms with Crippen LogP contribution in [0.25, 0.3) is 0 Å². The molecule has 1 amide bonds. The van der Waals surface area contributed by atoms with Crippen LogP contribution in [-0.2, 0) is 10.0 Å².